The zero-order valence-corrected chi connectivity index (χ0v) is 18.5. The SMILES string of the molecule is Cc1nc2ccc(S(=O)(=O)n3ccc4c(N5CCNCC5)cccc43)cc2s1.O=CO. The Hall–Kier alpha value is -2.95. The Kier molecular flexibility index (Phi) is 5.94. The van der Waals surface area contributed by atoms with Gasteiger partial charge >= 0.3 is 0 Å². The summed E-state index contributed by atoms with van der Waals surface area (Å²) in [4.78, 5) is 15.4. The van der Waals surface area contributed by atoms with Crippen LogP contribution in [0, 0.1) is 6.92 Å². The van der Waals surface area contributed by atoms with Crippen LogP contribution < -0.4 is 10.2 Å². The van der Waals surface area contributed by atoms with Crippen LogP contribution in [0.1, 0.15) is 5.01 Å². The molecule has 2 N–H and O–H groups in total. The lowest BCUT2D eigenvalue weighted by atomic mass is 10.2. The molecule has 0 saturated carbocycles. The molecular formula is C21H22N4O4S2. The third-order valence-corrected chi connectivity index (χ3v) is 7.78. The Morgan fingerprint density at radius 3 is 2.65 bits per heavy atom. The summed E-state index contributed by atoms with van der Waals surface area (Å²) in [5, 5.41) is 12.1. The van der Waals surface area contributed by atoms with E-state index in [0.717, 1.165) is 52.5 Å². The summed E-state index contributed by atoms with van der Waals surface area (Å²) in [6.07, 6.45) is 1.66. The van der Waals surface area contributed by atoms with Crippen molar-refractivity contribution in [2.45, 2.75) is 11.8 Å². The molecule has 0 amide bonds. The summed E-state index contributed by atoms with van der Waals surface area (Å²) in [6, 6.07) is 12.9. The third-order valence-electron chi connectivity index (χ3n) is 5.16. The predicted octanol–water partition coefficient (Wildman–Crippen LogP) is 2.91. The van der Waals surface area contributed by atoms with Crippen LogP contribution in [0.4, 0.5) is 5.69 Å². The number of rotatable bonds is 3. The van der Waals surface area contributed by atoms with Crippen molar-refractivity contribution < 1.29 is 18.3 Å². The van der Waals surface area contributed by atoms with Crippen molar-refractivity contribution in [3.8, 4) is 0 Å². The summed E-state index contributed by atoms with van der Waals surface area (Å²) >= 11 is 1.51. The van der Waals surface area contributed by atoms with E-state index in [1.165, 1.54) is 15.3 Å². The number of fused-ring (bicyclic) bond motifs is 2. The van der Waals surface area contributed by atoms with Gasteiger partial charge in [-0.1, -0.05) is 6.07 Å². The van der Waals surface area contributed by atoms with Gasteiger partial charge in [0.2, 0.25) is 0 Å². The van der Waals surface area contributed by atoms with Gasteiger partial charge in [-0.2, -0.15) is 0 Å². The number of aromatic nitrogens is 2. The number of hydrogen-bond acceptors (Lipinski definition) is 7. The number of benzene rings is 2. The van der Waals surface area contributed by atoms with E-state index in [0.29, 0.717) is 5.52 Å². The molecule has 1 fully saturated rings. The van der Waals surface area contributed by atoms with E-state index in [-0.39, 0.29) is 11.4 Å². The number of piperazine rings is 1. The van der Waals surface area contributed by atoms with Crippen LogP contribution in [0.3, 0.4) is 0 Å². The highest BCUT2D eigenvalue weighted by molar-refractivity contribution is 7.90. The van der Waals surface area contributed by atoms with Crippen molar-refractivity contribution in [3.05, 3.63) is 53.7 Å². The van der Waals surface area contributed by atoms with Gasteiger partial charge in [0, 0.05) is 43.4 Å². The molecule has 5 rings (SSSR count). The molecule has 1 aliphatic heterocycles. The lowest BCUT2D eigenvalue weighted by molar-refractivity contribution is -0.122. The van der Waals surface area contributed by atoms with Gasteiger partial charge in [-0.25, -0.2) is 17.4 Å². The molecule has 1 saturated heterocycles. The molecule has 2 aromatic carbocycles. The van der Waals surface area contributed by atoms with E-state index in [1.54, 1.807) is 24.4 Å². The van der Waals surface area contributed by atoms with Gasteiger partial charge in [0.1, 0.15) is 0 Å². The molecule has 1 aliphatic rings. The number of aryl methyl sites for hydroxylation is 1. The van der Waals surface area contributed by atoms with E-state index in [4.69, 9.17) is 9.90 Å². The second kappa shape index (κ2) is 8.66. The standard InChI is InChI=1S/C20H20N4O2S2.CH2O2/c1-14-22-17-6-5-15(13-20(17)27-14)28(25,26)24-10-7-16-18(3-2-4-19(16)24)23-11-8-21-9-12-23;2-1-3/h2-7,10,13,21H,8-9,11-12H2,1H3;1H,(H,2,3). The zero-order valence-electron chi connectivity index (χ0n) is 16.9. The van der Waals surface area contributed by atoms with Crippen LogP contribution in [0.15, 0.2) is 53.6 Å². The molecule has 2 aromatic heterocycles. The molecule has 3 heterocycles. The smallest absolute Gasteiger partial charge is 0.290 e. The summed E-state index contributed by atoms with van der Waals surface area (Å²) in [5.41, 5.74) is 2.62. The van der Waals surface area contributed by atoms with Crippen molar-refractivity contribution in [3.63, 3.8) is 0 Å². The third kappa shape index (κ3) is 4.01. The van der Waals surface area contributed by atoms with E-state index in [2.05, 4.69) is 21.3 Å². The second-order valence-corrected chi connectivity index (χ2v) is 10.1. The van der Waals surface area contributed by atoms with Gasteiger partial charge in [0.05, 0.1) is 25.6 Å². The minimum Gasteiger partial charge on any atom is -0.483 e. The van der Waals surface area contributed by atoms with Crippen LogP contribution in [0.25, 0.3) is 21.1 Å². The first-order chi connectivity index (χ1) is 15.0. The molecule has 162 valence electrons. The van der Waals surface area contributed by atoms with Crippen molar-refractivity contribution in [1.82, 2.24) is 14.3 Å². The molecule has 31 heavy (non-hydrogen) atoms. The van der Waals surface area contributed by atoms with Crippen molar-refractivity contribution in [1.29, 1.82) is 0 Å². The summed E-state index contributed by atoms with van der Waals surface area (Å²) in [5.74, 6) is 0. The Morgan fingerprint density at radius 1 is 1.16 bits per heavy atom. The molecule has 0 spiro atoms. The molecule has 0 aliphatic carbocycles. The lowest BCUT2D eigenvalue weighted by Crippen LogP contribution is -2.43. The topological polar surface area (TPSA) is 105 Å². The van der Waals surface area contributed by atoms with Crippen LogP contribution in [-0.4, -0.2) is 55.1 Å². The molecule has 0 atom stereocenters. The maximum absolute atomic E-state index is 13.4. The molecule has 0 bridgehead atoms. The quantitative estimate of drug-likeness (QED) is 0.455. The fraction of sp³-hybridized carbons (Fsp3) is 0.238. The number of carbonyl (C=O) groups is 1. The minimum absolute atomic E-state index is 0.250. The monoisotopic (exact) mass is 458 g/mol. The van der Waals surface area contributed by atoms with Gasteiger partial charge in [-0.3, -0.25) is 4.79 Å². The van der Waals surface area contributed by atoms with E-state index < -0.39 is 10.0 Å². The molecule has 0 unspecified atom stereocenters. The number of carboxylic acid groups (broad SMARTS) is 1. The van der Waals surface area contributed by atoms with Gasteiger partial charge in [-0.05, 0) is 43.3 Å². The first-order valence-corrected chi connectivity index (χ1v) is 12.0. The van der Waals surface area contributed by atoms with E-state index >= 15 is 0 Å². The fourth-order valence-corrected chi connectivity index (χ4v) is 6.13. The van der Waals surface area contributed by atoms with Gasteiger partial charge in [0.15, 0.2) is 0 Å². The number of anilines is 1. The van der Waals surface area contributed by atoms with E-state index in [9.17, 15) is 8.42 Å². The molecule has 10 heteroatoms. The molecule has 8 nitrogen and oxygen atoms in total. The van der Waals surface area contributed by atoms with Gasteiger partial charge in [0.25, 0.3) is 16.5 Å². The highest BCUT2D eigenvalue weighted by Gasteiger charge is 2.22. The Labute approximate surface area is 183 Å². The van der Waals surface area contributed by atoms with Gasteiger partial charge < -0.3 is 15.3 Å². The molecule has 4 aromatic rings. The maximum Gasteiger partial charge on any atom is 0.290 e. The summed E-state index contributed by atoms with van der Waals surface area (Å²) in [7, 11) is -3.69. The zero-order chi connectivity index (χ0) is 22.0. The van der Waals surface area contributed by atoms with Crippen LogP contribution in [0.5, 0.6) is 0 Å². The minimum atomic E-state index is -3.69. The van der Waals surface area contributed by atoms with Crippen molar-refractivity contribution in [2.24, 2.45) is 0 Å². The van der Waals surface area contributed by atoms with Crippen LogP contribution in [0.2, 0.25) is 0 Å². The molecule has 0 radical (unpaired) electrons. The number of hydrogen-bond donors (Lipinski definition) is 2. The number of nitrogens with zero attached hydrogens (tertiary/aromatic N) is 3. The maximum atomic E-state index is 13.4. The molecular weight excluding hydrogens is 436 g/mol. The highest BCUT2D eigenvalue weighted by atomic mass is 32.2. The Balaban J connectivity index is 0.000000730. The average Bonchev–Trinajstić information content (AvgIpc) is 3.37. The number of thiazole rings is 1. The highest BCUT2D eigenvalue weighted by Crippen LogP contribution is 2.31. The van der Waals surface area contributed by atoms with Crippen LogP contribution in [-0.2, 0) is 14.8 Å². The number of nitrogens with one attached hydrogen (secondary N) is 1. The Bertz CT molecular complexity index is 1340. The van der Waals surface area contributed by atoms with Crippen molar-refractivity contribution >= 4 is 54.6 Å². The largest absolute Gasteiger partial charge is 0.483 e. The first kappa shape index (κ1) is 21.3. The van der Waals surface area contributed by atoms with Crippen LogP contribution >= 0.6 is 11.3 Å². The average molecular weight is 459 g/mol. The van der Waals surface area contributed by atoms with Gasteiger partial charge in [-0.15, -0.1) is 11.3 Å². The van der Waals surface area contributed by atoms with Crippen molar-refractivity contribution in [2.75, 3.05) is 31.1 Å². The summed E-state index contributed by atoms with van der Waals surface area (Å²) < 4.78 is 29.0. The summed E-state index contributed by atoms with van der Waals surface area (Å²) in [6.45, 7) is 5.38. The second-order valence-electron chi connectivity index (χ2n) is 7.03. The lowest BCUT2D eigenvalue weighted by Gasteiger charge is -2.30. The first-order valence-electron chi connectivity index (χ1n) is 9.72. The Morgan fingerprint density at radius 2 is 1.90 bits per heavy atom. The normalized spacial score (nSPS) is 14.4. The van der Waals surface area contributed by atoms with E-state index in [1.807, 2.05) is 25.1 Å². The fourth-order valence-electron chi connectivity index (χ4n) is 3.81. The predicted molar refractivity (Wildman–Crippen MR) is 123 cm³/mol.